The predicted octanol–water partition coefficient (Wildman–Crippen LogP) is 1.15. The average Bonchev–Trinajstić information content (AvgIpc) is 2.62. The van der Waals surface area contributed by atoms with Crippen molar-refractivity contribution in [3.63, 3.8) is 0 Å². The summed E-state index contributed by atoms with van der Waals surface area (Å²) in [6.07, 6.45) is 4.69. The second kappa shape index (κ2) is 7.05. The number of benzene rings is 1. The highest BCUT2D eigenvalue weighted by Crippen LogP contribution is 2.18. The van der Waals surface area contributed by atoms with Crippen molar-refractivity contribution in [3.8, 4) is 0 Å². The number of carboxylic acid groups (broad SMARTS) is 1. The van der Waals surface area contributed by atoms with Gasteiger partial charge in [0, 0.05) is 30.2 Å². The molecule has 1 saturated heterocycles. The summed E-state index contributed by atoms with van der Waals surface area (Å²) >= 11 is 0. The van der Waals surface area contributed by atoms with Crippen molar-refractivity contribution in [3.05, 3.63) is 48.4 Å². The van der Waals surface area contributed by atoms with Crippen molar-refractivity contribution in [1.29, 1.82) is 0 Å². The van der Waals surface area contributed by atoms with Crippen molar-refractivity contribution >= 4 is 23.4 Å². The third-order valence-electron chi connectivity index (χ3n) is 3.62. The lowest BCUT2D eigenvalue weighted by Crippen LogP contribution is -2.52. The molecule has 8 heteroatoms. The Hall–Kier alpha value is -3.00. The zero-order chi connectivity index (χ0) is 16.9. The summed E-state index contributed by atoms with van der Waals surface area (Å²) < 4.78 is 5.16. The van der Waals surface area contributed by atoms with Crippen LogP contribution >= 0.6 is 0 Å². The fraction of sp³-hybridized carbons (Fsp3) is 0.250. The number of carbonyl (C=O) groups is 2. The van der Waals surface area contributed by atoms with Gasteiger partial charge in [0.05, 0.1) is 19.4 Å². The number of aliphatic carboxylic acids is 1. The van der Waals surface area contributed by atoms with Gasteiger partial charge in [-0.3, -0.25) is 9.78 Å². The van der Waals surface area contributed by atoms with E-state index in [2.05, 4.69) is 15.3 Å². The van der Waals surface area contributed by atoms with Crippen molar-refractivity contribution in [1.82, 2.24) is 14.9 Å². The van der Waals surface area contributed by atoms with E-state index in [9.17, 15) is 14.7 Å². The molecular formula is C16H16N4O4. The molecule has 8 nitrogen and oxygen atoms in total. The lowest BCUT2D eigenvalue weighted by molar-refractivity contribution is -0.147. The number of morpholine rings is 1. The van der Waals surface area contributed by atoms with Crippen LogP contribution in [-0.2, 0) is 9.53 Å². The van der Waals surface area contributed by atoms with E-state index in [1.165, 1.54) is 4.90 Å². The number of carboxylic acids is 1. The highest BCUT2D eigenvalue weighted by Gasteiger charge is 2.33. The molecule has 0 saturated carbocycles. The molecule has 1 aliphatic rings. The highest BCUT2D eigenvalue weighted by molar-refractivity contribution is 5.97. The normalized spacial score (nSPS) is 17.3. The van der Waals surface area contributed by atoms with Gasteiger partial charge in [0.1, 0.15) is 5.82 Å². The number of rotatable bonds is 4. The first-order valence-corrected chi connectivity index (χ1v) is 7.40. The van der Waals surface area contributed by atoms with Crippen LogP contribution in [0.15, 0.2) is 42.9 Å². The number of hydrogen-bond donors (Lipinski definition) is 2. The van der Waals surface area contributed by atoms with Crippen LogP contribution in [0.4, 0.5) is 11.5 Å². The quantitative estimate of drug-likeness (QED) is 0.867. The number of anilines is 2. The van der Waals surface area contributed by atoms with E-state index < -0.39 is 12.0 Å². The number of nitrogens with one attached hydrogen (secondary N) is 1. The summed E-state index contributed by atoms with van der Waals surface area (Å²) in [4.78, 5) is 33.4. The molecule has 0 radical (unpaired) electrons. The van der Waals surface area contributed by atoms with Gasteiger partial charge >= 0.3 is 5.97 Å². The molecule has 0 aliphatic carbocycles. The van der Waals surface area contributed by atoms with E-state index in [1.807, 2.05) is 0 Å². The fourth-order valence-electron chi connectivity index (χ4n) is 2.46. The topological polar surface area (TPSA) is 105 Å². The van der Waals surface area contributed by atoms with Gasteiger partial charge in [-0.15, -0.1) is 0 Å². The number of aromatic nitrogens is 2. The van der Waals surface area contributed by atoms with Crippen molar-refractivity contribution in [2.75, 3.05) is 25.1 Å². The Balaban J connectivity index is 1.80. The molecule has 1 fully saturated rings. The molecule has 3 rings (SSSR count). The Morgan fingerprint density at radius 2 is 2.21 bits per heavy atom. The van der Waals surface area contributed by atoms with Crippen molar-refractivity contribution in [2.45, 2.75) is 6.04 Å². The molecule has 0 bridgehead atoms. The molecule has 1 atom stereocenters. The summed E-state index contributed by atoms with van der Waals surface area (Å²) in [6.45, 7) is 0.573. The molecule has 2 aromatic rings. The zero-order valence-corrected chi connectivity index (χ0v) is 12.8. The molecule has 1 aliphatic heterocycles. The molecular weight excluding hydrogens is 312 g/mol. The summed E-state index contributed by atoms with van der Waals surface area (Å²) in [5, 5.41) is 12.3. The number of carbonyl (C=O) groups excluding carboxylic acids is 1. The molecule has 124 valence electrons. The van der Waals surface area contributed by atoms with Gasteiger partial charge in [-0.2, -0.15) is 0 Å². The van der Waals surface area contributed by atoms with E-state index in [-0.39, 0.29) is 19.1 Å². The lowest BCUT2D eigenvalue weighted by atomic mass is 10.1. The van der Waals surface area contributed by atoms with E-state index in [4.69, 9.17) is 4.74 Å². The van der Waals surface area contributed by atoms with Crippen LogP contribution in [0.1, 0.15) is 10.4 Å². The first-order chi connectivity index (χ1) is 11.6. The first kappa shape index (κ1) is 15.9. The molecule has 0 spiro atoms. The molecule has 1 aromatic carbocycles. The first-order valence-electron chi connectivity index (χ1n) is 7.40. The van der Waals surface area contributed by atoms with E-state index in [1.54, 1.807) is 42.9 Å². The maximum atomic E-state index is 12.7. The maximum absolute atomic E-state index is 12.7. The Morgan fingerprint density at radius 1 is 1.33 bits per heavy atom. The zero-order valence-electron chi connectivity index (χ0n) is 12.8. The van der Waals surface area contributed by atoms with Gasteiger partial charge in [0.2, 0.25) is 0 Å². The molecule has 1 aromatic heterocycles. The van der Waals surface area contributed by atoms with Gasteiger partial charge in [0.25, 0.3) is 5.91 Å². The minimum absolute atomic E-state index is 0.00137. The molecule has 2 N–H and O–H groups in total. The molecule has 1 amide bonds. The van der Waals surface area contributed by atoms with Gasteiger partial charge in [0.15, 0.2) is 6.04 Å². The van der Waals surface area contributed by atoms with Gasteiger partial charge < -0.3 is 20.1 Å². The number of nitrogens with zero attached hydrogens (tertiary/aromatic N) is 3. The Labute approximate surface area is 138 Å². The summed E-state index contributed by atoms with van der Waals surface area (Å²) in [7, 11) is 0. The van der Waals surface area contributed by atoms with E-state index in [0.29, 0.717) is 23.7 Å². The molecule has 24 heavy (non-hydrogen) atoms. The maximum Gasteiger partial charge on any atom is 0.328 e. The third-order valence-corrected chi connectivity index (χ3v) is 3.62. The van der Waals surface area contributed by atoms with Crippen molar-refractivity contribution in [2.24, 2.45) is 0 Å². The van der Waals surface area contributed by atoms with Gasteiger partial charge in [-0.05, 0) is 18.2 Å². The number of ether oxygens (including phenoxy) is 1. The Kier molecular flexibility index (Phi) is 4.66. The average molecular weight is 328 g/mol. The number of amides is 1. The number of hydrogen-bond acceptors (Lipinski definition) is 6. The summed E-state index contributed by atoms with van der Waals surface area (Å²) in [6, 6.07) is 5.86. The minimum atomic E-state index is -1.07. The SMILES string of the molecule is O=C(O)[C@H]1COCCN1C(=O)c1cccc(Nc2cnccn2)c1. The van der Waals surface area contributed by atoms with Crippen LogP contribution in [0.2, 0.25) is 0 Å². The Morgan fingerprint density at radius 3 is 2.96 bits per heavy atom. The minimum Gasteiger partial charge on any atom is -0.480 e. The fourth-order valence-corrected chi connectivity index (χ4v) is 2.46. The van der Waals surface area contributed by atoms with Crippen LogP contribution in [-0.4, -0.2) is 57.7 Å². The largest absolute Gasteiger partial charge is 0.480 e. The molecule has 2 heterocycles. The van der Waals surface area contributed by atoms with Gasteiger partial charge in [-0.1, -0.05) is 6.07 Å². The van der Waals surface area contributed by atoms with Crippen LogP contribution in [0, 0.1) is 0 Å². The van der Waals surface area contributed by atoms with E-state index >= 15 is 0 Å². The summed E-state index contributed by atoms with van der Waals surface area (Å²) in [5.41, 5.74) is 1.07. The second-order valence-electron chi connectivity index (χ2n) is 5.22. The lowest BCUT2D eigenvalue weighted by Gasteiger charge is -2.32. The molecule has 0 unspecified atom stereocenters. The van der Waals surface area contributed by atoms with Crippen LogP contribution in [0.5, 0.6) is 0 Å². The standard InChI is InChI=1S/C16H16N4O4/c21-15(20-6-7-24-10-13(20)16(22)23)11-2-1-3-12(8-11)19-14-9-17-4-5-18-14/h1-5,8-9,13H,6-7,10H2,(H,18,19)(H,22,23)/t13-/m1/s1. The van der Waals surface area contributed by atoms with Crippen LogP contribution < -0.4 is 5.32 Å². The smallest absolute Gasteiger partial charge is 0.328 e. The van der Waals surface area contributed by atoms with E-state index in [0.717, 1.165) is 0 Å². The summed E-state index contributed by atoms with van der Waals surface area (Å²) in [5.74, 6) is -0.859. The van der Waals surface area contributed by atoms with Crippen LogP contribution in [0.3, 0.4) is 0 Å². The predicted molar refractivity (Wildman–Crippen MR) is 85.0 cm³/mol. The van der Waals surface area contributed by atoms with Crippen molar-refractivity contribution < 1.29 is 19.4 Å². The monoisotopic (exact) mass is 328 g/mol. The Bertz CT molecular complexity index is 738. The third kappa shape index (κ3) is 3.49. The second-order valence-corrected chi connectivity index (χ2v) is 5.22. The van der Waals surface area contributed by atoms with Crippen LogP contribution in [0.25, 0.3) is 0 Å². The van der Waals surface area contributed by atoms with Gasteiger partial charge in [-0.25, -0.2) is 9.78 Å². The highest BCUT2D eigenvalue weighted by atomic mass is 16.5.